The molecule has 1 nitrogen and oxygen atoms in total. The molecular formula is C10H14F2O. The maximum absolute atomic E-state index is 12.9. The quantitative estimate of drug-likeness (QED) is 0.601. The topological polar surface area (TPSA) is 9.23 Å². The molecule has 0 saturated carbocycles. The Bertz CT molecular complexity index is 229. The van der Waals surface area contributed by atoms with Crippen LogP contribution in [-0.2, 0) is 4.74 Å². The highest BCUT2D eigenvalue weighted by Gasteiger charge is 2.31. The van der Waals surface area contributed by atoms with E-state index in [-0.39, 0.29) is 5.57 Å². The van der Waals surface area contributed by atoms with Crippen molar-refractivity contribution in [2.24, 2.45) is 0 Å². The molecule has 0 aromatic heterocycles. The highest BCUT2D eigenvalue weighted by Crippen LogP contribution is 2.26. The summed E-state index contributed by atoms with van der Waals surface area (Å²) in [5.74, 6) is 0. The zero-order valence-corrected chi connectivity index (χ0v) is 7.94. The van der Waals surface area contributed by atoms with Crippen LogP contribution in [0.2, 0.25) is 0 Å². The van der Waals surface area contributed by atoms with Gasteiger partial charge >= 0.3 is 6.11 Å². The van der Waals surface area contributed by atoms with Gasteiger partial charge in [-0.1, -0.05) is 31.7 Å². The van der Waals surface area contributed by atoms with Gasteiger partial charge in [-0.15, -0.1) is 0 Å². The molecular weight excluding hydrogens is 174 g/mol. The van der Waals surface area contributed by atoms with Crippen LogP contribution >= 0.6 is 0 Å². The molecule has 0 radical (unpaired) electrons. The van der Waals surface area contributed by atoms with Gasteiger partial charge in [-0.3, -0.25) is 0 Å². The van der Waals surface area contributed by atoms with Crippen LogP contribution < -0.4 is 0 Å². The molecule has 0 rings (SSSR count). The van der Waals surface area contributed by atoms with Crippen molar-refractivity contribution >= 4 is 0 Å². The first-order valence-electron chi connectivity index (χ1n) is 3.93. The fourth-order valence-electron chi connectivity index (χ4n) is 0.702. The van der Waals surface area contributed by atoms with Gasteiger partial charge < -0.3 is 4.74 Å². The number of alkyl halides is 2. The number of ether oxygens (including phenoxy) is 1. The Morgan fingerprint density at radius 1 is 1.54 bits per heavy atom. The van der Waals surface area contributed by atoms with Crippen molar-refractivity contribution in [2.75, 3.05) is 7.11 Å². The zero-order chi connectivity index (χ0) is 10.5. The minimum Gasteiger partial charge on any atom is -0.320 e. The molecule has 0 spiro atoms. The largest absolute Gasteiger partial charge is 0.383 e. The SMILES string of the molecule is C=C/C(=C\C(=C)CC)C(F)(F)OC. The first-order chi connectivity index (χ1) is 5.97. The van der Waals surface area contributed by atoms with Gasteiger partial charge in [-0.05, 0) is 12.5 Å². The average Bonchev–Trinajstić information content (AvgIpc) is 2.13. The van der Waals surface area contributed by atoms with Gasteiger partial charge in [-0.2, -0.15) is 8.78 Å². The van der Waals surface area contributed by atoms with Crippen LogP contribution in [0.3, 0.4) is 0 Å². The maximum atomic E-state index is 12.9. The summed E-state index contributed by atoms with van der Waals surface area (Å²) in [7, 11) is 0.950. The second-order valence-corrected chi connectivity index (χ2v) is 2.54. The molecule has 0 aliphatic carbocycles. The molecule has 0 atom stereocenters. The lowest BCUT2D eigenvalue weighted by Crippen LogP contribution is -2.20. The van der Waals surface area contributed by atoms with Crippen LogP contribution in [0, 0.1) is 0 Å². The fraction of sp³-hybridized carbons (Fsp3) is 0.400. The Hall–Kier alpha value is -0.960. The smallest absolute Gasteiger partial charge is 0.320 e. The van der Waals surface area contributed by atoms with Crippen LogP contribution in [0.4, 0.5) is 8.78 Å². The van der Waals surface area contributed by atoms with E-state index in [2.05, 4.69) is 17.9 Å². The van der Waals surface area contributed by atoms with E-state index in [1.165, 1.54) is 6.08 Å². The predicted octanol–water partition coefficient (Wildman–Crippen LogP) is 3.30. The van der Waals surface area contributed by atoms with E-state index in [9.17, 15) is 8.78 Å². The van der Waals surface area contributed by atoms with Crippen molar-refractivity contribution in [3.8, 4) is 0 Å². The number of rotatable bonds is 5. The van der Waals surface area contributed by atoms with E-state index in [0.29, 0.717) is 12.0 Å². The van der Waals surface area contributed by atoms with Crippen molar-refractivity contribution in [3.05, 3.63) is 36.5 Å². The minimum atomic E-state index is -3.28. The highest BCUT2D eigenvalue weighted by atomic mass is 19.3. The van der Waals surface area contributed by atoms with E-state index in [4.69, 9.17) is 0 Å². The Balaban J connectivity index is 4.79. The molecule has 13 heavy (non-hydrogen) atoms. The molecule has 0 unspecified atom stereocenters. The lowest BCUT2D eigenvalue weighted by molar-refractivity contribution is -0.187. The van der Waals surface area contributed by atoms with Gasteiger partial charge in [0.2, 0.25) is 0 Å². The van der Waals surface area contributed by atoms with Gasteiger partial charge in [0.05, 0.1) is 5.57 Å². The monoisotopic (exact) mass is 188 g/mol. The van der Waals surface area contributed by atoms with Gasteiger partial charge in [0.25, 0.3) is 0 Å². The molecule has 0 aromatic carbocycles. The minimum absolute atomic E-state index is 0.262. The van der Waals surface area contributed by atoms with E-state index < -0.39 is 6.11 Å². The molecule has 0 heterocycles. The van der Waals surface area contributed by atoms with E-state index >= 15 is 0 Å². The van der Waals surface area contributed by atoms with Gasteiger partial charge in [0, 0.05) is 7.11 Å². The third-order valence-corrected chi connectivity index (χ3v) is 1.63. The van der Waals surface area contributed by atoms with Crippen molar-refractivity contribution < 1.29 is 13.5 Å². The summed E-state index contributed by atoms with van der Waals surface area (Å²) in [5.41, 5.74) is 0.355. The van der Waals surface area contributed by atoms with Crippen LogP contribution in [0.25, 0.3) is 0 Å². The maximum Gasteiger partial charge on any atom is 0.383 e. The van der Waals surface area contributed by atoms with Crippen molar-refractivity contribution in [2.45, 2.75) is 19.5 Å². The summed E-state index contributed by atoms with van der Waals surface area (Å²) < 4.78 is 29.8. The summed E-state index contributed by atoms with van der Waals surface area (Å²) in [5, 5.41) is 0. The number of hydrogen-bond donors (Lipinski definition) is 0. The Labute approximate surface area is 77.4 Å². The number of hydrogen-bond acceptors (Lipinski definition) is 1. The lowest BCUT2D eigenvalue weighted by atomic mass is 10.1. The molecule has 0 N–H and O–H groups in total. The summed E-state index contributed by atoms with van der Waals surface area (Å²) >= 11 is 0. The van der Waals surface area contributed by atoms with Crippen molar-refractivity contribution in [1.29, 1.82) is 0 Å². The average molecular weight is 188 g/mol. The van der Waals surface area contributed by atoms with Crippen LogP contribution in [-0.4, -0.2) is 13.2 Å². The molecule has 74 valence electrons. The summed E-state index contributed by atoms with van der Waals surface area (Å²) in [6.07, 6.45) is -0.294. The first-order valence-corrected chi connectivity index (χ1v) is 3.93. The lowest BCUT2D eigenvalue weighted by Gasteiger charge is -2.15. The van der Waals surface area contributed by atoms with E-state index in [1.807, 2.05) is 6.92 Å². The first kappa shape index (κ1) is 12.0. The van der Waals surface area contributed by atoms with Gasteiger partial charge in [0.1, 0.15) is 0 Å². The predicted molar refractivity (Wildman–Crippen MR) is 49.7 cm³/mol. The highest BCUT2D eigenvalue weighted by molar-refractivity contribution is 5.30. The van der Waals surface area contributed by atoms with Crippen molar-refractivity contribution in [1.82, 2.24) is 0 Å². The normalized spacial score (nSPS) is 12.8. The third kappa shape index (κ3) is 3.51. The number of halogens is 2. The second-order valence-electron chi connectivity index (χ2n) is 2.54. The Morgan fingerprint density at radius 2 is 2.08 bits per heavy atom. The van der Waals surface area contributed by atoms with E-state index in [0.717, 1.165) is 13.2 Å². The Kier molecular flexibility index (Phi) is 4.56. The summed E-state index contributed by atoms with van der Waals surface area (Å²) in [6.45, 7) is 8.73. The molecule has 0 aliphatic heterocycles. The molecule has 3 heteroatoms. The van der Waals surface area contributed by atoms with Crippen molar-refractivity contribution in [3.63, 3.8) is 0 Å². The van der Waals surface area contributed by atoms with Crippen LogP contribution in [0.15, 0.2) is 36.5 Å². The zero-order valence-electron chi connectivity index (χ0n) is 7.94. The van der Waals surface area contributed by atoms with Gasteiger partial charge in [-0.25, -0.2) is 0 Å². The molecule has 0 saturated heterocycles. The van der Waals surface area contributed by atoms with Gasteiger partial charge in [0.15, 0.2) is 0 Å². The molecule has 0 amide bonds. The van der Waals surface area contributed by atoms with Crippen LogP contribution in [0.1, 0.15) is 13.3 Å². The number of methoxy groups -OCH3 is 1. The van der Waals surface area contributed by atoms with Crippen LogP contribution in [0.5, 0.6) is 0 Å². The molecule has 0 bridgehead atoms. The fourth-order valence-corrected chi connectivity index (χ4v) is 0.702. The molecule has 0 aliphatic rings. The Morgan fingerprint density at radius 3 is 2.38 bits per heavy atom. The summed E-state index contributed by atoms with van der Waals surface area (Å²) in [6, 6.07) is 0. The molecule has 0 aromatic rings. The second kappa shape index (κ2) is 4.92. The number of allylic oxidation sites excluding steroid dienone is 2. The summed E-state index contributed by atoms with van der Waals surface area (Å²) in [4.78, 5) is 0. The molecule has 0 fully saturated rings. The van der Waals surface area contributed by atoms with E-state index in [1.54, 1.807) is 0 Å². The standard InChI is InChI=1S/C10H14F2O/c1-5-8(3)7-9(6-2)10(11,12)13-4/h6-7H,2-3,5H2,1,4H3/b9-7+. The third-order valence-electron chi connectivity index (χ3n) is 1.63.